The van der Waals surface area contributed by atoms with Gasteiger partial charge in [0, 0.05) is 24.3 Å². The topological polar surface area (TPSA) is 46.9 Å². The van der Waals surface area contributed by atoms with Crippen LogP contribution >= 0.6 is 0 Å². The number of aromatic nitrogens is 2. The van der Waals surface area contributed by atoms with Gasteiger partial charge in [-0.1, -0.05) is 0 Å². The summed E-state index contributed by atoms with van der Waals surface area (Å²) in [6, 6.07) is 7.83. The minimum absolute atomic E-state index is 0.801. The number of rotatable bonds is 5. The third-order valence-corrected chi connectivity index (χ3v) is 2.66. The van der Waals surface area contributed by atoms with E-state index in [2.05, 4.69) is 22.4 Å². The third kappa shape index (κ3) is 3.52. The Hall–Kier alpha value is -1.97. The molecule has 0 spiro atoms. The van der Waals surface area contributed by atoms with Gasteiger partial charge in [-0.2, -0.15) is 0 Å². The summed E-state index contributed by atoms with van der Waals surface area (Å²) in [7, 11) is 2.03. The maximum absolute atomic E-state index is 5.63. The lowest BCUT2D eigenvalue weighted by Crippen LogP contribution is -2.23. The van der Waals surface area contributed by atoms with Gasteiger partial charge in [0.15, 0.2) is 0 Å². The molecule has 0 aliphatic rings. The second kappa shape index (κ2) is 5.39. The van der Waals surface area contributed by atoms with Gasteiger partial charge in [-0.05, 0) is 24.3 Å². The van der Waals surface area contributed by atoms with Crippen LogP contribution in [0, 0.1) is 0 Å². The van der Waals surface area contributed by atoms with E-state index < -0.39 is 0 Å². The fraction of sp³-hybridized carbons (Fsp3) is 0.308. The van der Waals surface area contributed by atoms with Crippen molar-refractivity contribution in [2.75, 3.05) is 17.6 Å². The van der Waals surface area contributed by atoms with Crippen molar-refractivity contribution in [3.8, 4) is 0 Å². The summed E-state index contributed by atoms with van der Waals surface area (Å²) in [5, 5.41) is 3.37. The predicted molar refractivity (Wildman–Crippen MR) is 69.6 cm³/mol. The normalized spacial score (nSPS) is 10.4. The minimum atomic E-state index is 0.801. The van der Waals surface area contributed by atoms with Gasteiger partial charge in [-0.15, -0.1) is 0 Å². The molecule has 2 aromatic rings. The van der Waals surface area contributed by atoms with E-state index in [4.69, 9.17) is 5.73 Å². The number of benzene rings is 1. The molecule has 4 nitrogen and oxygen atoms in total. The molecule has 4 heteroatoms. The molecule has 90 valence electrons. The molecule has 0 aliphatic carbocycles. The Morgan fingerprint density at radius 2 is 2.06 bits per heavy atom. The number of nitrogens with one attached hydrogen (secondary N) is 1. The van der Waals surface area contributed by atoms with E-state index in [-0.39, 0.29) is 0 Å². The summed E-state index contributed by atoms with van der Waals surface area (Å²) in [6.07, 6.45) is 7.32. The number of hydrogen-bond acceptors (Lipinski definition) is 2. The predicted octanol–water partition coefficient (Wildman–Crippen LogP) is 1.40. The number of imidazole rings is 1. The molecule has 1 aromatic carbocycles. The molecule has 2 rings (SSSR count). The van der Waals surface area contributed by atoms with E-state index in [0.29, 0.717) is 0 Å². The van der Waals surface area contributed by atoms with Gasteiger partial charge in [-0.3, -0.25) is 0 Å². The highest BCUT2D eigenvalue weighted by molar-refractivity contribution is 5.50. The van der Waals surface area contributed by atoms with Crippen LogP contribution in [0.2, 0.25) is 0 Å². The summed E-state index contributed by atoms with van der Waals surface area (Å²) < 4.78 is 4.23. The zero-order valence-corrected chi connectivity index (χ0v) is 10.1. The lowest BCUT2D eigenvalue weighted by Gasteiger charge is -2.05. The van der Waals surface area contributed by atoms with Crippen molar-refractivity contribution < 1.29 is 4.57 Å². The zero-order valence-electron chi connectivity index (χ0n) is 10.1. The van der Waals surface area contributed by atoms with Gasteiger partial charge in [0.05, 0.1) is 13.6 Å². The molecule has 0 radical (unpaired) electrons. The number of hydrogen-bond donors (Lipinski definition) is 2. The molecule has 1 aromatic heterocycles. The first-order valence-electron chi connectivity index (χ1n) is 5.84. The number of anilines is 2. The van der Waals surface area contributed by atoms with Crippen LogP contribution in [0.25, 0.3) is 0 Å². The monoisotopic (exact) mass is 231 g/mol. The van der Waals surface area contributed by atoms with Crippen molar-refractivity contribution >= 4 is 11.4 Å². The molecule has 3 N–H and O–H groups in total. The molecule has 0 bridgehead atoms. The zero-order chi connectivity index (χ0) is 12.1. The Balaban J connectivity index is 1.71. The second-order valence-corrected chi connectivity index (χ2v) is 4.22. The van der Waals surface area contributed by atoms with E-state index >= 15 is 0 Å². The number of aryl methyl sites for hydroxylation is 2. The average molecular weight is 231 g/mol. The smallest absolute Gasteiger partial charge is 0.243 e. The highest BCUT2D eigenvalue weighted by Gasteiger charge is 1.99. The van der Waals surface area contributed by atoms with Crippen molar-refractivity contribution in [2.45, 2.75) is 13.0 Å². The Morgan fingerprint density at radius 1 is 1.29 bits per heavy atom. The minimum Gasteiger partial charge on any atom is -0.399 e. The van der Waals surface area contributed by atoms with Crippen molar-refractivity contribution in [2.24, 2.45) is 7.05 Å². The van der Waals surface area contributed by atoms with Crippen molar-refractivity contribution in [1.29, 1.82) is 0 Å². The van der Waals surface area contributed by atoms with Crippen LogP contribution in [0.15, 0.2) is 43.0 Å². The van der Waals surface area contributed by atoms with Crippen LogP contribution in [0.3, 0.4) is 0 Å². The molecule has 17 heavy (non-hydrogen) atoms. The van der Waals surface area contributed by atoms with E-state index in [9.17, 15) is 0 Å². The molecule has 0 aliphatic heterocycles. The summed E-state index contributed by atoms with van der Waals surface area (Å²) >= 11 is 0. The molecule has 0 saturated carbocycles. The van der Waals surface area contributed by atoms with Gasteiger partial charge < -0.3 is 11.1 Å². The molecule has 0 fully saturated rings. The first kappa shape index (κ1) is 11.5. The van der Waals surface area contributed by atoms with Crippen molar-refractivity contribution in [3.63, 3.8) is 0 Å². The molecule has 0 amide bonds. The fourth-order valence-corrected chi connectivity index (χ4v) is 1.73. The summed E-state index contributed by atoms with van der Waals surface area (Å²) in [5.41, 5.74) is 7.55. The highest BCUT2D eigenvalue weighted by atomic mass is 15.1. The SMILES string of the molecule is C[n+]1ccn(CCCNc2ccc(N)cc2)c1. The van der Waals surface area contributed by atoms with Gasteiger partial charge in [0.2, 0.25) is 6.33 Å². The molecule has 0 atom stereocenters. The first-order chi connectivity index (χ1) is 8.24. The molecule has 0 saturated heterocycles. The Kier molecular flexibility index (Phi) is 3.65. The number of nitrogens with zero attached hydrogens (tertiary/aromatic N) is 2. The van der Waals surface area contributed by atoms with Gasteiger partial charge >= 0.3 is 0 Å². The summed E-state index contributed by atoms with van der Waals surface area (Å²) in [5.74, 6) is 0. The second-order valence-electron chi connectivity index (χ2n) is 4.22. The quantitative estimate of drug-likeness (QED) is 0.464. The molecule has 1 heterocycles. The van der Waals surface area contributed by atoms with Gasteiger partial charge in [0.1, 0.15) is 12.4 Å². The maximum Gasteiger partial charge on any atom is 0.243 e. The average Bonchev–Trinajstić information content (AvgIpc) is 2.73. The van der Waals surface area contributed by atoms with Crippen LogP contribution in [0.4, 0.5) is 11.4 Å². The van der Waals surface area contributed by atoms with Crippen LogP contribution in [-0.4, -0.2) is 11.1 Å². The van der Waals surface area contributed by atoms with Crippen molar-refractivity contribution in [3.05, 3.63) is 43.0 Å². The first-order valence-corrected chi connectivity index (χ1v) is 5.84. The standard InChI is InChI=1S/C13H19N4/c1-16-9-10-17(11-16)8-2-7-15-13-5-3-12(14)4-6-13/h3-6,9-11,15H,2,7-8,14H2,1H3/q+1. The van der Waals surface area contributed by atoms with E-state index in [0.717, 1.165) is 30.9 Å². The van der Waals surface area contributed by atoms with Crippen LogP contribution in [-0.2, 0) is 13.6 Å². The lowest BCUT2D eigenvalue weighted by molar-refractivity contribution is -0.671. The Labute approximate surface area is 102 Å². The van der Waals surface area contributed by atoms with E-state index in [1.807, 2.05) is 42.1 Å². The van der Waals surface area contributed by atoms with Gasteiger partial charge in [0.25, 0.3) is 0 Å². The largest absolute Gasteiger partial charge is 0.399 e. The number of nitrogens with two attached hydrogens (primary N) is 1. The third-order valence-electron chi connectivity index (χ3n) is 2.66. The molecular weight excluding hydrogens is 212 g/mol. The Morgan fingerprint density at radius 3 is 2.71 bits per heavy atom. The van der Waals surface area contributed by atoms with Crippen molar-refractivity contribution in [1.82, 2.24) is 4.57 Å². The van der Waals surface area contributed by atoms with Crippen LogP contribution in [0.1, 0.15) is 6.42 Å². The molecule has 0 unspecified atom stereocenters. The van der Waals surface area contributed by atoms with E-state index in [1.54, 1.807) is 0 Å². The Bertz CT molecular complexity index is 459. The summed E-state index contributed by atoms with van der Waals surface area (Å²) in [4.78, 5) is 0. The van der Waals surface area contributed by atoms with Gasteiger partial charge in [-0.25, -0.2) is 9.13 Å². The molecular formula is C13H19N4+. The number of nitrogen functional groups attached to an aromatic ring is 1. The fourth-order valence-electron chi connectivity index (χ4n) is 1.73. The van der Waals surface area contributed by atoms with E-state index in [1.165, 1.54) is 0 Å². The van der Waals surface area contributed by atoms with Crippen LogP contribution in [0.5, 0.6) is 0 Å². The maximum atomic E-state index is 5.63. The highest BCUT2D eigenvalue weighted by Crippen LogP contribution is 2.10. The summed E-state index contributed by atoms with van der Waals surface area (Å²) in [6.45, 7) is 1.99. The lowest BCUT2D eigenvalue weighted by atomic mass is 10.3. The van der Waals surface area contributed by atoms with Crippen LogP contribution < -0.4 is 15.6 Å².